The molecule has 0 amide bonds. The van der Waals surface area contributed by atoms with Crippen molar-refractivity contribution in [2.24, 2.45) is 5.92 Å². The number of benzene rings is 1. The highest BCUT2D eigenvalue weighted by molar-refractivity contribution is 7.80. The molecule has 0 unspecified atom stereocenters. The van der Waals surface area contributed by atoms with Crippen LogP contribution in [0.2, 0.25) is 0 Å². The molecule has 0 aliphatic carbocycles. The van der Waals surface area contributed by atoms with E-state index in [0.29, 0.717) is 11.0 Å². The van der Waals surface area contributed by atoms with Crippen molar-refractivity contribution in [1.82, 2.24) is 4.90 Å². The molecule has 0 aromatic heterocycles. The SMILES string of the molecule is COC(=O)Cc1ccc(NC(=S)N2CCC[C@@H](CO)C2)cc1. The lowest BCUT2D eigenvalue weighted by atomic mass is 9.99. The monoisotopic (exact) mass is 322 g/mol. The van der Waals surface area contributed by atoms with E-state index in [1.807, 2.05) is 24.3 Å². The normalized spacial score (nSPS) is 17.9. The summed E-state index contributed by atoms with van der Waals surface area (Å²) in [5.41, 5.74) is 1.80. The van der Waals surface area contributed by atoms with Gasteiger partial charge in [0.2, 0.25) is 0 Å². The molecular weight excluding hydrogens is 300 g/mol. The number of nitrogens with zero attached hydrogens (tertiary/aromatic N) is 1. The van der Waals surface area contributed by atoms with Gasteiger partial charge in [-0.15, -0.1) is 0 Å². The lowest BCUT2D eigenvalue weighted by Gasteiger charge is -2.33. The molecule has 1 aliphatic heterocycles. The van der Waals surface area contributed by atoms with Gasteiger partial charge in [0.25, 0.3) is 0 Å². The number of hydrogen-bond acceptors (Lipinski definition) is 4. The van der Waals surface area contributed by atoms with Gasteiger partial charge in [0.15, 0.2) is 5.11 Å². The van der Waals surface area contributed by atoms with Gasteiger partial charge >= 0.3 is 5.97 Å². The summed E-state index contributed by atoms with van der Waals surface area (Å²) in [5.74, 6) is 0.0514. The van der Waals surface area contributed by atoms with Crippen LogP contribution in [0.1, 0.15) is 18.4 Å². The van der Waals surface area contributed by atoms with E-state index in [2.05, 4.69) is 15.0 Å². The van der Waals surface area contributed by atoms with E-state index < -0.39 is 0 Å². The number of methoxy groups -OCH3 is 1. The first-order valence-electron chi connectivity index (χ1n) is 7.45. The summed E-state index contributed by atoms with van der Waals surface area (Å²) in [5, 5.41) is 13.2. The van der Waals surface area contributed by atoms with E-state index >= 15 is 0 Å². The molecule has 1 aromatic carbocycles. The van der Waals surface area contributed by atoms with Gasteiger partial charge in [0.1, 0.15) is 0 Å². The van der Waals surface area contributed by atoms with Gasteiger partial charge in [0.05, 0.1) is 13.5 Å². The molecule has 0 saturated carbocycles. The highest BCUT2D eigenvalue weighted by Gasteiger charge is 2.21. The zero-order valence-electron chi connectivity index (χ0n) is 12.7. The molecule has 2 rings (SSSR count). The highest BCUT2D eigenvalue weighted by Crippen LogP contribution is 2.18. The fourth-order valence-electron chi connectivity index (χ4n) is 2.55. The molecule has 0 bridgehead atoms. The number of piperidine rings is 1. The molecule has 0 radical (unpaired) electrons. The van der Waals surface area contributed by atoms with Gasteiger partial charge < -0.3 is 20.1 Å². The number of anilines is 1. The average molecular weight is 322 g/mol. The van der Waals surface area contributed by atoms with Crippen molar-refractivity contribution in [3.63, 3.8) is 0 Å². The summed E-state index contributed by atoms with van der Waals surface area (Å²) in [6.45, 7) is 1.92. The second-order valence-corrected chi connectivity index (χ2v) is 5.90. The van der Waals surface area contributed by atoms with Gasteiger partial charge in [-0.2, -0.15) is 0 Å². The van der Waals surface area contributed by atoms with E-state index in [0.717, 1.165) is 37.2 Å². The standard InChI is InChI=1S/C16H22N2O3S/c1-21-15(20)9-12-4-6-14(7-5-12)17-16(22)18-8-2-3-13(10-18)11-19/h4-7,13,19H,2-3,8-11H2,1H3,(H,17,22)/t13-/m1/s1. The van der Waals surface area contributed by atoms with E-state index in [1.54, 1.807) is 0 Å². The number of aliphatic hydroxyl groups is 1. The summed E-state index contributed by atoms with van der Waals surface area (Å²) in [6.07, 6.45) is 2.37. The Morgan fingerprint density at radius 1 is 1.45 bits per heavy atom. The number of esters is 1. The zero-order chi connectivity index (χ0) is 15.9. The summed E-state index contributed by atoms with van der Waals surface area (Å²) in [7, 11) is 1.38. The Bertz CT molecular complexity index is 519. The molecular formula is C16H22N2O3S. The number of thiocarbonyl (C=S) groups is 1. The molecule has 1 fully saturated rings. The van der Waals surface area contributed by atoms with Gasteiger partial charge in [-0.1, -0.05) is 12.1 Å². The highest BCUT2D eigenvalue weighted by atomic mass is 32.1. The fourth-order valence-corrected chi connectivity index (χ4v) is 2.83. The number of carbonyl (C=O) groups is 1. The van der Waals surface area contributed by atoms with Gasteiger partial charge in [-0.3, -0.25) is 4.79 Å². The van der Waals surface area contributed by atoms with Crippen molar-refractivity contribution >= 4 is 29.0 Å². The lowest BCUT2D eigenvalue weighted by Crippen LogP contribution is -2.43. The summed E-state index contributed by atoms with van der Waals surface area (Å²) < 4.78 is 4.65. The average Bonchev–Trinajstić information content (AvgIpc) is 2.56. The second-order valence-electron chi connectivity index (χ2n) is 5.52. The van der Waals surface area contributed by atoms with Crippen LogP contribution in [0.4, 0.5) is 5.69 Å². The molecule has 1 heterocycles. The lowest BCUT2D eigenvalue weighted by molar-refractivity contribution is -0.139. The summed E-state index contributed by atoms with van der Waals surface area (Å²) >= 11 is 5.44. The fraction of sp³-hybridized carbons (Fsp3) is 0.500. The van der Waals surface area contributed by atoms with Crippen LogP contribution >= 0.6 is 12.2 Å². The quantitative estimate of drug-likeness (QED) is 0.651. The number of hydrogen-bond donors (Lipinski definition) is 2. The molecule has 1 aliphatic rings. The maximum Gasteiger partial charge on any atom is 0.309 e. The first-order valence-corrected chi connectivity index (χ1v) is 7.85. The van der Waals surface area contributed by atoms with Crippen LogP contribution in [0.5, 0.6) is 0 Å². The van der Waals surface area contributed by atoms with Crippen LogP contribution in [-0.2, 0) is 16.0 Å². The third-order valence-electron chi connectivity index (χ3n) is 3.85. The second kappa shape index (κ2) is 8.10. The molecule has 6 heteroatoms. The molecule has 1 saturated heterocycles. The predicted molar refractivity (Wildman–Crippen MR) is 89.8 cm³/mol. The molecule has 1 atom stereocenters. The van der Waals surface area contributed by atoms with Gasteiger partial charge in [-0.25, -0.2) is 0 Å². The van der Waals surface area contributed by atoms with Crippen molar-refractivity contribution in [2.75, 3.05) is 32.1 Å². The topological polar surface area (TPSA) is 61.8 Å². The Morgan fingerprint density at radius 3 is 2.82 bits per heavy atom. The largest absolute Gasteiger partial charge is 0.469 e. The first kappa shape index (κ1) is 16.7. The zero-order valence-corrected chi connectivity index (χ0v) is 13.6. The van der Waals surface area contributed by atoms with E-state index in [1.165, 1.54) is 7.11 Å². The minimum Gasteiger partial charge on any atom is -0.469 e. The van der Waals surface area contributed by atoms with Crippen LogP contribution < -0.4 is 5.32 Å². The third kappa shape index (κ3) is 4.68. The van der Waals surface area contributed by atoms with Crippen LogP contribution in [0.15, 0.2) is 24.3 Å². The molecule has 5 nitrogen and oxygen atoms in total. The van der Waals surface area contributed by atoms with E-state index in [9.17, 15) is 9.90 Å². The van der Waals surface area contributed by atoms with Crippen LogP contribution in [0.3, 0.4) is 0 Å². The Hall–Kier alpha value is -1.66. The maximum atomic E-state index is 11.2. The first-order chi connectivity index (χ1) is 10.6. The molecule has 22 heavy (non-hydrogen) atoms. The van der Waals surface area contributed by atoms with Crippen molar-refractivity contribution < 1.29 is 14.6 Å². The van der Waals surface area contributed by atoms with Gasteiger partial charge in [-0.05, 0) is 48.7 Å². The molecule has 120 valence electrons. The predicted octanol–water partition coefficient (Wildman–Crippen LogP) is 1.80. The summed E-state index contributed by atoms with van der Waals surface area (Å²) in [6, 6.07) is 7.57. The third-order valence-corrected chi connectivity index (χ3v) is 4.21. The Morgan fingerprint density at radius 2 is 2.18 bits per heavy atom. The van der Waals surface area contributed by atoms with E-state index in [4.69, 9.17) is 12.2 Å². The number of carbonyl (C=O) groups excluding carboxylic acids is 1. The smallest absolute Gasteiger partial charge is 0.309 e. The number of ether oxygens (including phenoxy) is 1. The molecule has 0 spiro atoms. The van der Waals surface area contributed by atoms with Crippen molar-refractivity contribution in [3.05, 3.63) is 29.8 Å². The Labute approximate surface area is 136 Å². The minimum atomic E-state index is -0.250. The van der Waals surface area contributed by atoms with E-state index in [-0.39, 0.29) is 19.0 Å². The van der Waals surface area contributed by atoms with Crippen LogP contribution in [0.25, 0.3) is 0 Å². The Kier molecular flexibility index (Phi) is 6.15. The van der Waals surface area contributed by atoms with Crippen molar-refractivity contribution in [1.29, 1.82) is 0 Å². The number of likely N-dealkylation sites (tertiary alicyclic amines) is 1. The van der Waals surface area contributed by atoms with Crippen LogP contribution in [-0.4, -0.2) is 47.9 Å². The van der Waals surface area contributed by atoms with Gasteiger partial charge in [0, 0.05) is 25.4 Å². The summed E-state index contributed by atoms with van der Waals surface area (Å²) in [4.78, 5) is 13.3. The number of aliphatic hydroxyl groups excluding tert-OH is 1. The minimum absolute atomic E-state index is 0.210. The van der Waals surface area contributed by atoms with Crippen molar-refractivity contribution in [3.8, 4) is 0 Å². The van der Waals surface area contributed by atoms with Crippen LogP contribution in [0, 0.1) is 5.92 Å². The maximum absolute atomic E-state index is 11.2. The number of rotatable bonds is 4. The Balaban J connectivity index is 1.90. The number of nitrogens with one attached hydrogen (secondary N) is 1. The molecule has 2 N–H and O–H groups in total. The molecule has 1 aromatic rings. The van der Waals surface area contributed by atoms with Crippen molar-refractivity contribution in [2.45, 2.75) is 19.3 Å².